The first-order valence-corrected chi connectivity index (χ1v) is 7.68. The molecule has 0 radical (unpaired) electrons. The van der Waals surface area contributed by atoms with Crippen LogP contribution in [0.5, 0.6) is 0 Å². The highest BCUT2D eigenvalue weighted by atomic mass is 35.5. The van der Waals surface area contributed by atoms with Crippen LogP contribution in [0.3, 0.4) is 0 Å². The fourth-order valence-electron chi connectivity index (χ4n) is 2.93. The quantitative estimate of drug-likeness (QED) is 0.897. The van der Waals surface area contributed by atoms with Crippen molar-refractivity contribution in [3.8, 4) is 0 Å². The summed E-state index contributed by atoms with van der Waals surface area (Å²) in [5, 5.41) is 3.76. The maximum Gasteiger partial charge on any atom is 0.224 e. The van der Waals surface area contributed by atoms with E-state index in [0.29, 0.717) is 6.54 Å². The number of rotatable bonds is 4. The highest BCUT2D eigenvalue weighted by Gasteiger charge is 2.37. The lowest BCUT2D eigenvalue weighted by Crippen LogP contribution is -2.53. The predicted octanol–water partition coefficient (Wildman–Crippen LogP) is 2.91. The number of carbonyl (C=O) groups is 1. The van der Waals surface area contributed by atoms with Gasteiger partial charge in [0.25, 0.3) is 0 Å². The second kappa shape index (κ2) is 6.59. The van der Waals surface area contributed by atoms with E-state index in [-0.39, 0.29) is 17.4 Å². The van der Waals surface area contributed by atoms with Crippen molar-refractivity contribution in [3.63, 3.8) is 0 Å². The van der Waals surface area contributed by atoms with E-state index in [4.69, 9.17) is 17.3 Å². The van der Waals surface area contributed by atoms with E-state index < -0.39 is 0 Å². The molecule has 1 amide bonds. The monoisotopic (exact) mass is 294 g/mol. The molecular formula is C16H23ClN2O. The van der Waals surface area contributed by atoms with Crippen molar-refractivity contribution in [3.05, 3.63) is 34.9 Å². The summed E-state index contributed by atoms with van der Waals surface area (Å²) in [5.41, 5.74) is 6.94. The van der Waals surface area contributed by atoms with Crippen LogP contribution in [-0.4, -0.2) is 18.0 Å². The largest absolute Gasteiger partial charge is 0.355 e. The molecule has 1 aliphatic carbocycles. The Morgan fingerprint density at radius 2 is 2.20 bits per heavy atom. The first-order valence-electron chi connectivity index (χ1n) is 7.31. The Morgan fingerprint density at radius 1 is 1.45 bits per heavy atom. The minimum absolute atomic E-state index is 0.0671. The summed E-state index contributed by atoms with van der Waals surface area (Å²) in [6.07, 6.45) is 4.78. The van der Waals surface area contributed by atoms with Crippen molar-refractivity contribution in [2.45, 2.75) is 44.6 Å². The van der Waals surface area contributed by atoms with Crippen molar-refractivity contribution in [1.29, 1.82) is 0 Å². The summed E-state index contributed by atoms with van der Waals surface area (Å²) in [5.74, 6) is 0.0178. The molecule has 0 aromatic heterocycles. The molecule has 0 saturated heterocycles. The Kier molecular flexibility index (Phi) is 5.06. The van der Waals surface area contributed by atoms with Gasteiger partial charge in [-0.2, -0.15) is 0 Å². The van der Waals surface area contributed by atoms with Crippen LogP contribution < -0.4 is 11.1 Å². The van der Waals surface area contributed by atoms with Gasteiger partial charge in [0.05, 0.1) is 5.92 Å². The molecule has 2 rings (SSSR count). The molecule has 2 unspecified atom stereocenters. The van der Waals surface area contributed by atoms with Gasteiger partial charge in [0.1, 0.15) is 0 Å². The molecule has 2 atom stereocenters. The molecule has 1 aromatic rings. The van der Waals surface area contributed by atoms with Gasteiger partial charge in [-0.3, -0.25) is 4.79 Å². The maximum atomic E-state index is 12.3. The number of nitrogens with two attached hydrogens (primary N) is 1. The van der Waals surface area contributed by atoms with Crippen molar-refractivity contribution >= 4 is 17.5 Å². The van der Waals surface area contributed by atoms with E-state index in [1.54, 1.807) is 0 Å². The van der Waals surface area contributed by atoms with Crippen LogP contribution in [0.15, 0.2) is 24.3 Å². The second-order valence-corrected chi connectivity index (χ2v) is 6.34. The van der Waals surface area contributed by atoms with E-state index in [2.05, 4.69) is 5.32 Å². The van der Waals surface area contributed by atoms with Gasteiger partial charge < -0.3 is 11.1 Å². The zero-order chi connectivity index (χ0) is 14.6. The standard InChI is InChI=1S/C16H23ClN2O/c1-16(18)10-5-4-7-13(16)15(20)19-11-9-12-6-2-3-8-14(12)17/h2-3,6,8,13H,4-5,7,9-11,18H2,1H3,(H,19,20). The second-order valence-electron chi connectivity index (χ2n) is 5.94. The Bertz CT molecular complexity index is 473. The highest BCUT2D eigenvalue weighted by Crippen LogP contribution is 2.31. The zero-order valence-corrected chi connectivity index (χ0v) is 12.7. The predicted molar refractivity (Wildman–Crippen MR) is 82.7 cm³/mol. The smallest absolute Gasteiger partial charge is 0.224 e. The molecule has 1 aliphatic rings. The van der Waals surface area contributed by atoms with E-state index in [1.165, 1.54) is 0 Å². The number of benzene rings is 1. The average molecular weight is 295 g/mol. The fraction of sp³-hybridized carbons (Fsp3) is 0.562. The minimum atomic E-state index is -0.368. The molecule has 4 heteroatoms. The lowest BCUT2D eigenvalue weighted by Gasteiger charge is -2.37. The van der Waals surface area contributed by atoms with E-state index in [1.807, 2.05) is 31.2 Å². The molecule has 0 heterocycles. The SMILES string of the molecule is CC1(N)CCCCC1C(=O)NCCc1ccccc1Cl. The van der Waals surface area contributed by atoms with Gasteiger partial charge in [0.2, 0.25) is 5.91 Å². The Balaban J connectivity index is 1.85. The van der Waals surface area contributed by atoms with E-state index >= 15 is 0 Å². The normalized spacial score (nSPS) is 26.2. The highest BCUT2D eigenvalue weighted by molar-refractivity contribution is 6.31. The van der Waals surface area contributed by atoms with Gasteiger partial charge in [-0.25, -0.2) is 0 Å². The van der Waals surface area contributed by atoms with Crippen LogP contribution >= 0.6 is 11.6 Å². The zero-order valence-electron chi connectivity index (χ0n) is 12.0. The number of hydrogen-bond acceptors (Lipinski definition) is 2. The first-order chi connectivity index (χ1) is 9.50. The third kappa shape index (κ3) is 3.74. The molecule has 0 spiro atoms. The Labute approximate surface area is 125 Å². The minimum Gasteiger partial charge on any atom is -0.355 e. The summed E-state index contributed by atoms with van der Waals surface area (Å²) in [6.45, 7) is 2.60. The van der Waals surface area contributed by atoms with Crippen molar-refractivity contribution in [1.82, 2.24) is 5.32 Å². The van der Waals surface area contributed by atoms with Gasteiger partial charge in [0.15, 0.2) is 0 Å². The molecule has 20 heavy (non-hydrogen) atoms. The average Bonchev–Trinajstić information content (AvgIpc) is 2.40. The molecule has 1 aromatic carbocycles. The van der Waals surface area contributed by atoms with E-state index in [9.17, 15) is 4.79 Å². The molecule has 1 saturated carbocycles. The number of hydrogen-bond donors (Lipinski definition) is 2. The van der Waals surface area contributed by atoms with E-state index in [0.717, 1.165) is 42.7 Å². The van der Waals surface area contributed by atoms with Gasteiger partial charge >= 0.3 is 0 Å². The molecule has 3 N–H and O–H groups in total. The van der Waals surface area contributed by atoms with Crippen LogP contribution in [0.2, 0.25) is 5.02 Å². The summed E-state index contributed by atoms with van der Waals surface area (Å²) in [7, 11) is 0. The number of amides is 1. The summed E-state index contributed by atoms with van der Waals surface area (Å²) in [4.78, 5) is 12.3. The summed E-state index contributed by atoms with van der Waals surface area (Å²) in [6, 6.07) is 7.73. The van der Waals surface area contributed by atoms with Crippen LogP contribution in [0, 0.1) is 5.92 Å². The van der Waals surface area contributed by atoms with Gasteiger partial charge in [-0.05, 0) is 37.8 Å². The molecule has 0 bridgehead atoms. The van der Waals surface area contributed by atoms with Crippen molar-refractivity contribution in [2.24, 2.45) is 11.7 Å². The van der Waals surface area contributed by atoms with Crippen LogP contribution in [0.4, 0.5) is 0 Å². The van der Waals surface area contributed by atoms with Crippen molar-refractivity contribution < 1.29 is 4.79 Å². The Morgan fingerprint density at radius 3 is 2.90 bits per heavy atom. The topological polar surface area (TPSA) is 55.1 Å². The fourth-order valence-corrected chi connectivity index (χ4v) is 3.16. The van der Waals surface area contributed by atoms with Gasteiger partial charge in [-0.1, -0.05) is 42.6 Å². The third-order valence-electron chi connectivity index (χ3n) is 4.22. The van der Waals surface area contributed by atoms with Crippen LogP contribution in [-0.2, 0) is 11.2 Å². The lowest BCUT2D eigenvalue weighted by atomic mass is 9.74. The molecule has 3 nitrogen and oxygen atoms in total. The Hall–Kier alpha value is -1.06. The summed E-state index contributed by atoms with van der Waals surface area (Å²) < 4.78 is 0. The van der Waals surface area contributed by atoms with Crippen molar-refractivity contribution in [2.75, 3.05) is 6.54 Å². The number of halogens is 1. The number of carbonyl (C=O) groups excluding carboxylic acids is 1. The third-order valence-corrected chi connectivity index (χ3v) is 4.59. The molecule has 110 valence electrons. The lowest BCUT2D eigenvalue weighted by molar-refractivity contribution is -0.128. The van der Waals surface area contributed by atoms with Gasteiger partial charge in [-0.15, -0.1) is 0 Å². The van der Waals surface area contributed by atoms with Gasteiger partial charge in [0, 0.05) is 17.1 Å². The molecular weight excluding hydrogens is 272 g/mol. The molecule has 0 aliphatic heterocycles. The molecule has 1 fully saturated rings. The first kappa shape index (κ1) is 15.3. The van der Waals surface area contributed by atoms with Crippen LogP contribution in [0.25, 0.3) is 0 Å². The van der Waals surface area contributed by atoms with Crippen LogP contribution in [0.1, 0.15) is 38.2 Å². The summed E-state index contributed by atoms with van der Waals surface area (Å²) >= 11 is 6.10. The number of nitrogens with one attached hydrogen (secondary N) is 1. The maximum absolute atomic E-state index is 12.3.